The lowest BCUT2D eigenvalue weighted by Crippen LogP contribution is -2.13. The SMILES string of the molecule is COc1ccc(C2=c3ccc4c(OC)/c(=C(\C=O)c5ccc(OC)cc5)ccc4c3OC2=O)cc1. The van der Waals surface area contributed by atoms with Gasteiger partial charge in [-0.1, -0.05) is 24.3 Å². The normalized spacial score (nSPS) is 13.2. The quantitative estimate of drug-likeness (QED) is 0.247. The molecule has 174 valence electrons. The van der Waals surface area contributed by atoms with Gasteiger partial charge in [0.15, 0.2) is 6.29 Å². The molecule has 0 saturated carbocycles. The second-order valence-corrected chi connectivity index (χ2v) is 7.94. The monoisotopic (exact) mass is 466 g/mol. The van der Waals surface area contributed by atoms with E-state index in [1.165, 1.54) is 0 Å². The Morgan fingerprint density at radius 1 is 0.743 bits per heavy atom. The van der Waals surface area contributed by atoms with Crippen molar-refractivity contribution >= 4 is 34.2 Å². The molecule has 1 heterocycles. The summed E-state index contributed by atoms with van der Waals surface area (Å²) in [6.45, 7) is 0. The van der Waals surface area contributed by atoms with Gasteiger partial charge in [0.2, 0.25) is 0 Å². The van der Waals surface area contributed by atoms with E-state index < -0.39 is 5.97 Å². The average Bonchev–Trinajstić information content (AvgIpc) is 3.25. The molecule has 6 heteroatoms. The number of fused-ring (bicyclic) bond motifs is 3. The van der Waals surface area contributed by atoms with Crippen molar-refractivity contribution in [1.82, 2.24) is 0 Å². The van der Waals surface area contributed by atoms with E-state index in [0.29, 0.717) is 44.6 Å². The van der Waals surface area contributed by atoms with Crippen molar-refractivity contribution in [1.29, 1.82) is 0 Å². The molecule has 5 rings (SSSR count). The molecule has 6 nitrogen and oxygen atoms in total. The Balaban J connectivity index is 1.75. The van der Waals surface area contributed by atoms with Gasteiger partial charge in [-0.25, -0.2) is 4.79 Å². The minimum absolute atomic E-state index is 0.418. The Labute approximate surface area is 201 Å². The highest BCUT2D eigenvalue weighted by molar-refractivity contribution is 6.21. The average molecular weight is 466 g/mol. The molecule has 0 bridgehead atoms. The van der Waals surface area contributed by atoms with E-state index in [1.807, 2.05) is 48.5 Å². The largest absolute Gasteiger partial charge is 0.497 e. The number of carbonyl (C=O) groups excluding carboxylic acids is 2. The molecule has 0 fully saturated rings. The van der Waals surface area contributed by atoms with E-state index in [1.54, 1.807) is 45.6 Å². The Bertz CT molecular complexity index is 1580. The molecule has 0 aromatic heterocycles. The van der Waals surface area contributed by atoms with Crippen molar-refractivity contribution < 1.29 is 28.5 Å². The zero-order valence-electron chi connectivity index (χ0n) is 19.5. The lowest BCUT2D eigenvalue weighted by Gasteiger charge is -2.11. The number of rotatable bonds is 6. The number of esters is 1. The van der Waals surface area contributed by atoms with Crippen LogP contribution in [0, 0.1) is 0 Å². The predicted molar refractivity (Wildman–Crippen MR) is 132 cm³/mol. The highest BCUT2D eigenvalue weighted by atomic mass is 16.5. The molecule has 1 aliphatic heterocycles. The second-order valence-electron chi connectivity index (χ2n) is 7.94. The summed E-state index contributed by atoms with van der Waals surface area (Å²) < 4.78 is 21.9. The molecule has 4 aromatic rings. The van der Waals surface area contributed by atoms with Gasteiger partial charge in [0.1, 0.15) is 23.0 Å². The smallest absolute Gasteiger partial charge is 0.344 e. The number of ether oxygens (including phenoxy) is 4. The number of methoxy groups -OCH3 is 3. The van der Waals surface area contributed by atoms with Crippen LogP contribution in [-0.2, 0) is 9.59 Å². The van der Waals surface area contributed by atoms with Crippen LogP contribution in [0.15, 0.2) is 72.8 Å². The number of carbonyl (C=O) groups is 2. The van der Waals surface area contributed by atoms with E-state index in [9.17, 15) is 9.59 Å². The fourth-order valence-electron chi connectivity index (χ4n) is 4.43. The van der Waals surface area contributed by atoms with Crippen molar-refractivity contribution in [2.75, 3.05) is 21.3 Å². The molecule has 1 aliphatic rings. The van der Waals surface area contributed by atoms with E-state index >= 15 is 0 Å². The maximum absolute atomic E-state index is 12.9. The summed E-state index contributed by atoms with van der Waals surface area (Å²) in [6, 6.07) is 21.9. The first-order valence-electron chi connectivity index (χ1n) is 10.9. The van der Waals surface area contributed by atoms with Crippen LogP contribution in [0.2, 0.25) is 0 Å². The summed E-state index contributed by atoms with van der Waals surface area (Å²) >= 11 is 0. The second kappa shape index (κ2) is 8.99. The van der Waals surface area contributed by atoms with Gasteiger partial charge in [0.25, 0.3) is 0 Å². The first-order chi connectivity index (χ1) is 17.1. The molecular weight excluding hydrogens is 444 g/mol. The van der Waals surface area contributed by atoms with E-state index in [-0.39, 0.29) is 0 Å². The zero-order chi connectivity index (χ0) is 24.5. The standard InChI is InChI=1S/C29H22O6/c1-32-19-8-4-17(5-9-19)25(16-30)23-13-12-22-21(27(23)34-3)14-15-24-26(29(31)35-28(22)24)18-6-10-20(33-2)11-7-18/h4-16H,1-3H3/b25-23+. The molecule has 0 amide bonds. The van der Waals surface area contributed by atoms with Crippen molar-refractivity contribution in [2.45, 2.75) is 0 Å². The zero-order valence-corrected chi connectivity index (χ0v) is 19.5. The highest BCUT2D eigenvalue weighted by Gasteiger charge is 2.27. The number of benzene rings is 4. The summed E-state index contributed by atoms with van der Waals surface area (Å²) in [6.07, 6.45) is 0.814. The molecule has 4 aromatic carbocycles. The van der Waals surface area contributed by atoms with Crippen molar-refractivity contribution in [2.24, 2.45) is 0 Å². The van der Waals surface area contributed by atoms with Gasteiger partial charge < -0.3 is 18.9 Å². The molecule has 35 heavy (non-hydrogen) atoms. The third kappa shape index (κ3) is 3.69. The Morgan fingerprint density at radius 3 is 1.97 bits per heavy atom. The molecular formula is C29H22O6. The van der Waals surface area contributed by atoms with Crippen LogP contribution >= 0.6 is 0 Å². The molecule has 0 spiro atoms. The van der Waals surface area contributed by atoms with Crippen LogP contribution in [0.3, 0.4) is 0 Å². The number of hydrogen-bond acceptors (Lipinski definition) is 6. The van der Waals surface area contributed by atoms with Gasteiger partial charge in [0.05, 0.1) is 26.9 Å². The van der Waals surface area contributed by atoms with Gasteiger partial charge >= 0.3 is 5.97 Å². The van der Waals surface area contributed by atoms with Crippen LogP contribution in [0.1, 0.15) is 11.1 Å². The fraction of sp³-hybridized carbons (Fsp3) is 0.103. The third-order valence-corrected chi connectivity index (χ3v) is 6.16. The predicted octanol–water partition coefficient (Wildman–Crippen LogP) is 3.38. The summed E-state index contributed by atoms with van der Waals surface area (Å²) in [5, 5.41) is 2.81. The third-order valence-electron chi connectivity index (χ3n) is 6.16. The maximum Gasteiger partial charge on any atom is 0.344 e. The molecule has 0 atom stereocenters. The molecule has 0 N–H and O–H groups in total. The molecule has 0 unspecified atom stereocenters. The Hall–Kier alpha value is -4.58. The van der Waals surface area contributed by atoms with Crippen LogP contribution in [-0.4, -0.2) is 33.6 Å². The summed E-state index contributed by atoms with van der Waals surface area (Å²) in [5.74, 6) is 1.98. The fourth-order valence-corrected chi connectivity index (χ4v) is 4.43. The van der Waals surface area contributed by atoms with Gasteiger partial charge in [-0.3, -0.25) is 4.79 Å². The summed E-state index contributed by atoms with van der Waals surface area (Å²) in [5.41, 5.74) is 2.45. The van der Waals surface area contributed by atoms with Gasteiger partial charge in [-0.2, -0.15) is 0 Å². The topological polar surface area (TPSA) is 71.1 Å². The van der Waals surface area contributed by atoms with Gasteiger partial charge in [0, 0.05) is 26.8 Å². The summed E-state index contributed by atoms with van der Waals surface area (Å²) in [4.78, 5) is 25.0. The minimum Gasteiger partial charge on any atom is -0.497 e. The molecule has 0 aliphatic carbocycles. The Morgan fingerprint density at radius 2 is 1.37 bits per heavy atom. The van der Waals surface area contributed by atoms with Crippen LogP contribution < -0.4 is 29.4 Å². The first kappa shape index (κ1) is 22.2. The van der Waals surface area contributed by atoms with Crippen LogP contribution in [0.5, 0.6) is 23.0 Å². The van der Waals surface area contributed by atoms with E-state index in [2.05, 4.69) is 0 Å². The molecule has 0 saturated heterocycles. The van der Waals surface area contributed by atoms with Gasteiger partial charge in [-0.05, 0) is 59.7 Å². The summed E-state index contributed by atoms with van der Waals surface area (Å²) in [7, 11) is 4.74. The van der Waals surface area contributed by atoms with Gasteiger partial charge in [-0.15, -0.1) is 0 Å². The maximum atomic E-state index is 12.9. The highest BCUT2D eigenvalue weighted by Crippen LogP contribution is 2.33. The minimum atomic E-state index is -0.418. The van der Waals surface area contributed by atoms with Crippen LogP contribution in [0.25, 0.3) is 21.9 Å². The van der Waals surface area contributed by atoms with E-state index in [4.69, 9.17) is 18.9 Å². The van der Waals surface area contributed by atoms with Crippen molar-refractivity contribution in [3.8, 4) is 23.0 Å². The lowest BCUT2D eigenvalue weighted by atomic mass is 9.98. The lowest BCUT2D eigenvalue weighted by molar-refractivity contribution is -0.127. The van der Waals surface area contributed by atoms with Crippen molar-refractivity contribution in [3.63, 3.8) is 0 Å². The Kier molecular flexibility index (Phi) is 5.71. The van der Waals surface area contributed by atoms with E-state index in [0.717, 1.165) is 28.2 Å². The van der Waals surface area contributed by atoms with Crippen molar-refractivity contribution in [3.05, 3.63) is 94.4 Å². The van der Waals surface area contributed by atoms with Crippen LogP contribution in [0.4, 0.5) is 0 Å². The first-order valence-corrected chi connectivity index (χ1v) is 10.9. The molecule has 0 radical (unpaired) electrons. The number of hydrogen-bond donors (Lipinski definition) is 0. The number of aldehydes is 1.